The molecule has 1 fully saturated rings. The summed E-state index contributed by atoms with van der Waals surface area (Å²) in [4.78, 5) is 12.2. The third-order valence-electron chi connectivity index (χ3n) is 3.36. The zero-order chi connectivity index (χ0) is 11.5. The van der Waals surface area contributed by atoms with E-state index >= 15 is 0 Å². The van der Waals surface area contributed by atoms with E-state index in [1.165, 1.54) is 0 Å². The maximum atomic E-state index is 11.8. The molecule has 0 saturated heterocycles. The fourth-order valence-electron chi connectivity index (χ4n) is 1.69. The zero-order valence-electron chi connectivity index (χ0n) is 9.51. The van der Waals surface area contributed by atoms with Crippen LogP contribution in [0.5, 0.6) is 0 Å². The first kappa shape index (κ1) is 12.4. The Morgan fingerprint density at radius 2 is 2.00 bits per heavy atom. The van der Waals surface area contributed by atoms with Crippen LogP contribution in [0.4, 0.5) is 0 Å². The number of hydrogen-bond acceptors (Lipinski definition) is 2. The van der Waals surface area contributed by atoms with E-state index in [2.05, 4.69) is 19.2 Å². The van der Waals surface area contributed by atoms with Gasteiger partial charge in [-0.3, -0.25) is 4.79 Å². The van der Waals surface area contributed by atoms with Gasteiger partial charge >= 0.3 is 0 Å². The third-order valence-corrected chi connectivity index (χ3v) is 3.75. The summed E-state index contributed by atoms with van der Waals surface area (Å²) in [5.41, 5.74) is 5.08. The molecular formula is C11H20N2OS. The second-order valence-electron chi connectivity index (χ2n) is 4.34. The van der Waals surface area contributed by atoms with Crippen molar-refractivity contribution in [3.05, 3.63) is 0 Å². The second kappa shape index (κ2) is 4.92. The zero-order valence-corrected chi connectivity index (χ0v) is 10.3. The fourth-order valence-corrected chi connectivity index (χ4v) is 1.99. The van der Waals surface area contributed by atoms with Gasteiger partial charge in [0.15, 0.2) is 0 Å². The average Bonchev–Trinajstić information content (AvgIpc) is 2.99. The Kier molecular flexibility index (Phi) is 4.08. The minimum absolute atomic E-state index is 0.0295. The van der Waals surface area contributed by atoms with Crippen LogP contribution < -0.4 is 11.1 Å². The maximum Gasteiger partial charge on any atom is 0.233 e. The van der Waals surface area contributed by atoms with Crippen molar-refractivity contribution in [1.29, 1.82) is 0 Å². The van der Waals surface area contributed by atoms with Gasteiger partial charge < -0.3 is 11.1 Å². The van der Waals surface area contributed by atoms with Crippen molar-refractivity contribution in [2.24, 2.45) is 17.1 Å². The first-order chi connectivity index (χ1) is 7.06. The van der Waals surface area contributed by atoms with Crippen LogP contribution in [0.3, 0.4) is 0 Å². The summed E-state index contributed by atoms with van der Waals surface area (Å²) < 4.78 is 0. The Hall–Kier alpha value is -0.640. The minimum Gasteiger partial charge on any atom is -0.392 e. The van der Waals surface area contributed by atoms with Gasteiger partial charge in [0, 0.05) is 6.54 Å². The number of nitrogens with two attached hydrogens (primary N) is 1. The number of carbonyl (C=O) groups is 1. The number of nitrogens with one attached hydrogen (secondary N) is 1. The monoisotopic (exact) mass is 228 g/mol. The molecule has 0 aromatic rings. The van der Waals surface area contributed by atoms with Gasteiger partial charge in [-0.25, -0.2) is 0 Å². The Balaban J connectivity index is 2.40. The van der Waals surface area contributed by atoms with Gasteiger partial charge in [0.25, 0.3) is 0 Å². The highest BCUT2D eigenvalue weighted by atomic mass is 32.1. The van der Waals surface area contributed by atoms with Crippen molar-refractivity contribution in [3.8, 4) is 0 Å². The fraction of sp³-hybridized carbons (Fsp3) is 0.818. The van der Waals surface area contributed by atoms with E-state index in [0.717, 1.165) is 32.2 Å². The van der Waals surface area contributed by atoms with Gasteiger partial charge in [-0.2, -0.15) is 0 Å². The summed E-state index contributed by atoms with van der Waals surface area (Å²) in [6, 6.07) is 0. The first-order valence-corrected chi connectivity index (χ1v) is 6.05. The predicted octanol–water partition coefficient (Wildman–Crippen LogP) is 1.61. The van der Waals surface area contributed by atoms with E-state index in [-0.39, 0.29) is 5.91 Å². The van der Waals surface area contributed by atoms with Crippen molar-refractivity contribution in [2.45, 2.75) is 39.5 Å². The topological polar surface area (TPSA) is 55.1 Å². The Morgan fingerprint density at radius 1 is 1.47 bits per heavy atom. The third kappa shape index (κ3) is 2.68. The van der Waals surface area contributed by atoms with Crippen LogP contribution in [-0.2, 0) is 4.79 Å². The van der Waals surface area contributed by atoms with Gasteiger partial charge in [0.1, 0.15) is 0 Å². The standard InChI is InChI=1S/C11H20N2OS/c1-3-8(4-2)7-13-10(14)11(5-6-11)9(12)15/h8H,3-7H2,1-2H3,(H2,12,15)(H,13,14). The lowest BCUT2D eigenvalue weighted by Crippen LogP contribution is -2.41. The van der Waals surface area contributed by atoms with Crippen LogP contribution in [0.15, 0.2) is 0 Å². The van der Waals surface area contributed by atoms with Gasteiger partial charge in [0.2, 0.25) is 5.91 Å². The number of amides is 1. The van der Waals surface area contributed by atoms with Crippen LogP contribution in [0.1, 0.15) is 39.5 Å². The molecule has 0 heterocycles. The molecule has 1 rings (SSSR count). The molecule has 3 N–H and O–H groups in total. The molecule has 1 amide bonds. The molecule has 86 valence electrons. The molecule has 0 atom stereocenters. The molecular weight excluding hydrogens is 208 g/mol. The largest absolute Gasteiger partial charge is 0.392 e. The molecule has 15 heavy (non-hydrogen) atoms. The van der Waals surface area contributed by atoms with Crippen LogP contribution >= 0.6 is 12.2 Å². The molecule has 0 unspecified atom stereocenters. The highest BCUT2D eigenvalue weighted by molar-refractivity contribution is 7.80. The van der Waals surface area contributed by atoms with E-state index in [4.69, 9.17) is 18.0 Å². The molecule has 1 saturated carbocycles. The van der Waals surface area contributed by atoms with Crippen LogP contribution in [0.25, 0.3) is 0 Å². The lowest BCUT2D eigenvalue weighted by molar-refractivity contribution is -0.124. The molecule has 0 aliphatic heterocycles. The summed E-state index contributed by atoms with van der Waals surface area (Å²) in [6.07, 6.45) is 3.82. The molecule has 1 aliphatic carbocycles. The van der Waals surface area contributed by atoms with Crippen molar-refractivity contribution in [1.82, 2.24) is 5.32 Å². The molecule has 0 bridgehead atoms. The summed E-state index contributed by atoms with van der Waals surface area (Å²) >= 11 is 4.92. The average molecular weight is 228 g/mol. The minimum atomic E-state index is -0.499. The second-order valence-corrected chi connectivity index (χ2v) is 4.78. The highest BCUT2D eigenvalue weighted by Gasteiger charge is 2.52. The number of carbonyl (C=O) groups excluding carboxylic acids is 1. The number of hydrogen-bond donors (Lipinski definition) is 2. The van der Waals surface area contributed by atoms with Crippen molar-refractivity contribution < 1.29 is 4.79 Å². The lowest BCUT2D eigenvalue weighted by atomic mass is 10.0. The summed E-state index contributed by atoms with van der Waals surface area (Å²) in [7, 11) is 0. The van der Waals surface area contributed by atoms with E-state index in [9.17, 15) is 4.79 Å². The van der Waals surface area contributed by atoms with Gasteiger partial charge in [0.05, 0.1) is 10.4 Å². The number of rotatable bonds is 6. The van der Waals surface area contributed by atoms with E-state index < -0.39 is 5.41 Å². The van der Waals surface area contributed by atoms with Gasteiger partial charge in [-0.1, -0.05) is 38.9 Å². The van der Waals surface area contributed by atoms with Gasteiger partial charge in [-0.05, 0) is 18.8 Å². The highest BCUT2D eigenvalue weighted by Crippen LogP contribution is 2.46. The quantitative estimate of drug-likeness (QED) is 0.679. The van der Waals surface area contributed by atoms with E-state index in [0.29, 0.717) is 10.9 Å². The van der Waals surface area contributed by atoms with Crippen molar-refractivity contribution in [2.75, 3.05) is 6.54 Å². The first-order valence-electron chi connectivity index (χ1n) is 5.65. The predicted molar refractivity (Wildman–Crippen MR) is 65.5 cm³/mol. The summed E-state index contributed by atoms with van der Waals surface area (Å²) in [5.74, 6) is 0.595. The summed E-state index contributed by atoms with van der Waals surface area (Å²) in [5, 5.41) is 2.96. The molecule has 0 radical (unpaired) electrons. The van der Waals surface area contributed by atoms with Crippen molar-refractivity contribution in [3.63, 3.8) is 0 Å². The van der Waals surface area contributed by atoms with Crippen molar-refractivity contribution >= 4 is 23.1 Å². The normalized spacial score (nSPS) is 17.5. The molecule has 3 nitrogen and oxygen atoms in total. The van der Waals surface area contributed by atoms with E-state index in [1.807, 2.05) is 0 Å². The Morgan fingerprint density at radius 3 is 2.33 bits per heavy atom. The number of thiocarbonyl (C=S) groups is 1. The van der Waals surface area contributed by atoms with Gasteiger partial charge in [-0.15, -0.1) is 0 Å². The molecule has 0 aromatic heterocycles. The molecule has 4 heteroatoms. The molecule has 0 aromatic carbocycles. The molecule has 0 spiro atoms. The summed E-state index contributed by atoms with van der Waals surface area (Å²) in [6.45, 7) is 5.03. The Labute approximate surface area is 96.8 Å². The van der Waals surface area contributed by atoms with Crippen LogP contribution in [0, 0.1) is 11.3 Å². The van der Waals surface area contributed by atoms with Crippen LogP contribution in [0.2, 0.25) is 0 Å². The molecule has 1 aliphatic rings. The smallest absolute Gasteiger partial charge is 0.233 e. The Bertz CT molecular complexity index is 257. The maximum absolute atomic E-state index is 11.8. The van der Waals surface area contributed by atoms with E-state index in [1.54, 1.807) is 0 Å². The SMILES string of the molecule is CCC(CC)CNC(=O)C1(C(N)=S)CC1. The van der Waals surface area contributed by atoms with Crippen LogP contribution in [-0.4, -0.2) is 17.4 Å². The lowest BCUT2D eigenvalue weighted by Gasteiger charge is -2.17.